The molecule has 0 aromatic rings. The Bertz CT molecular complexity index is 391. The number of methoxy groups -OCH3 is 1. The summed E-state index contributed by atoms with van der Waals surface area (Å²) >= 11 is 0. The molecule has 2 N–H and O–H groups in total. The third kappa shape index (κ3) is 4.62. The van der Waals surface area contributed by atoms with Gasteiger partial charge in [-0.3, -0.25) is 4.79 Å². The highest BCUT2D eigenvalue weighted by atomic mass is 16.7. The van der Waals surface area contributed by atoms with Gasteiger partial charge in [0.15, 0.2) is 18.7 Å². The maximum absolute atomic E-state index is 11.3. The maximum atomic E-state index is 11.3. The van der Waals surface area contributed by atoms with E-state index in [1.807, 2.05) is 0 Å². The molecule has 23 heavy (non-hydrogen) atoms. The highest BCUT2D eigenvalue weighted by Crippen LogP contribution is 2.29. The number of aliphatic hydroxyl groups is 2. The first-order valence-corrected chi connectivity index (χ1v) is 7.84. The molecule has 2 heterocycles. The Hall–Kier alpha value is -0.770. The number of hydrogen-bond donors (Lipinski definition) is 2. The van der Waals surface area contributed by atoms with Gasteiger partial charge in [-0.15, -0.1) is 0 Å². The lowest BCUT2D eigenvalue weighted by atomic mass is 10.00. The zero-order chi connectivity index (χ0) is 17.1. The summed E-state index contributed by atoms with van der Waals surface area (Å²) < 4.78 is 27.3. The summed E-state index contributed by atoms with van der Waals surface area (Å²) in [6, 6.07) is 0. The van der Waals surface area contributed by atoms with Crippen molar-refractivity contribution >= 4 is 5.97 Å². The van der Waals surface area contributed by atoms with Crippen LogP contribution in [0.4, 0.5) is 0 Å². The molecule has 134 valence electrons. The monoisotopic (exact) mass is 334 g/mol. The molecule has 8 atom stereocenters. The lowest BCUT2D eigenvalue weighted by Gasteiger charge is -2.42. The lowest BCUT2D eigenvalue weighted by molar-refractivity contribution is -0.304. The van der Waals surface area contributed by atoms with Crippen LogP contribution in [0.25, 0.3) is 0 Å². The highest BCUT2D eigenvalue weighted by molar-refractivity contribution is 5.66. The van der Waals surface area contributed by atoms with Gasteiger partial charge in [-0.1, -0.05) is 0 Å². The minimum atomic E-state index is -1.00. The van der Waals surface area contributed by atoms with Crippen LogP contribution >= 0.6 is 0 Å². The second-order valence-corrected chi connectivity index (χ2v) is 6.05. The van der Waals surface area contributed by atoms with Crippen molar-refractivity contribution in [1.82, 2.24) is 0 Å². The molecule has 8 heteroatoms. The van der Waals surface area contributed by atoms with Crippen molar-refractivity contribution in [2.75, 3.05) is 7.11 Å². The van der Waals surface area contributed by atoms with E-state index in [0.29, 0.717) is 0 Å². The summed E-state index contributed by atoms with van der Waals surface area (Å²) in [7, 11) is 1.52. The van der Waals surface area contributed by atoms with Gasteiger partial charge in [0, 0.05) is 26.9 Å². The van der Waals surface area contributed by atoms with Gasteiger partial charge >= 0.3 is 5.97 Å². The number of aliphatic hydroxyl groups excluding tert-OH is 2. The molecule has 2 aliphatic rings. The third-order valence-corrected chi connectivity index (χ3v) is 4.18. The Kier molecular flexibility index (Phi) is 6.35. The summed E-state index contributed by atoms with van der Waals surface area (Å²) in [4.78, 5) is 11.3. The van der Waals surface area contributed by atoms with Crippen molar-refractivity contribution in [3.05, 3.63) is 0 Å². The molecule has 0 spiro atoms. The normalized spacial score (nSPS) is 44.8. The van der Waals surface area contributed by atoms with Crippen LogP contribution in [0.2, 0.25) is 0 Å². The summed E-state index contributed by atoms with van der Waals surface area (Å²) in [5.74, 6) is -0.451. The van der Waals surface area contributed by atoms with Gasteiger partial charge in [0.05, 0.1) is 18.3 Å². The van der Waals surface area contributed by atoms with Crippen molar-refractivity contribution in [1.29, 1.82) is 0 Å². The summed E-state index contributed by atoms with van der Waals surface area (Å²) in [5.41, 5.74) is 0. The average Bonchev–Trinajstić information content (AvgIpc) is 2.42. The fourth-order valence-electron chi connectivity index (χ4n) is 3.16. The molecule has 0 bridgehead atoms. The molecule has 0 amide bonds. The van der Waals surface area contributed by atoms with Crippen LogP contribution in [-0.4, -0.2) is 72.5 Å². The first-order chi connectivity index (χ1) is 10.8. The van der Waals surface area contributed by atoms with Crippen molar-refractivity contribution < 1.29 is 38.7 Å². The van der Waals surface area contributed by atoms with Gasteiger partial charge in [-0.25, -0.2) is 0 Å². The molecule has 2 fully saturated rings. The Morgan fingerprint density at radius 1 is 1.09 bits per heavy atom. The third-order valence-electron chi connectivity index (χ3n) is 4.18. The molecule has 2 aliphatic heterocycles. The first kappa shape index (κ1) is 18.6. The van der Waals surface area contributed by atoms with Gasteiger partial charge in [0.25, 0.3) is 0 Å². The molecule has 8 nitrogen and oxygen atoms in total. The van der Waals surface area contributed by atoms with Crippen LogP contribution in [0.1, 0.15) is 33.6 Å². The van der Waals surface area contributed by atoms with Crippen LogP contribution in [0.5, 0.6) is 0 Å². The molecular formula is C15H26O8. The molecular weight excluding hydrogens is 308 g/mol. The molecule has 0 aromatic heterocycles. The fraction of sp³-hybridized carbons (Fsp3) is 0.933. The summed E-state index contributed by atoms with van der Waals surface area (Å²) in [5, 5.41) is 19.9. The van der Waals surface area contributed by atoms with Crippen molar-refractivity contribution in [3.8, 4) is 0 Å². The van der Waals surface area contributed by atoms with Crippen LogP contribution in [0.3, 0.4) is 0 Å². The molecule has 2 saturated heterocycles. The highest BCUT2D eigenvalue weighted by Gasteiger charge is 2.43. The average molecular weight is 334 g/mol. The summed E-state index contributed by atoms with van der Waals surface area (Å²) in [6.45, 7) is 4.80. The van der Waals surface area contributed by atoms with Gasteiger partial charge < -0.3 is 33.9 Å². The van der Waals surface area contributed by atoms with E-state index in [1.165, 1.54) is 14.0 Å². The minimum absolute atomic E-state index is 0.153. The number of carbonyl (C=O) groups is 1. The molecule has 8 unspecified atom stereocenters. The Labute approximate surface area is 135 Å². The zero-order valence-corrected chi connectivity index (χ0v) is 13.9. The van der Waals surface area contributed by atoms with Crippen LogP contribution in [-0.2, 0) is 28.5 Å². The van der Waals surface area contributed by atoms with E-state index >= 15 is 0 Å². The SMILES string of the molecule is COC1C(O)CC(OC2CC(O)OC(C)C2OC(C)=O)OC1C. The van der Waals surface area contributed by atoms with E-state index < -0.39 is 49.1 Å². The predicted octanol–water partition coefficient (Wildman–Crippen LogP) is -0.0587. The maximum Gasteiger partial charge on any atom is 0.303 e. The Morgan fingerprint density at radius 2 is 1.74 bits per heavy atom. The van der Waals surface area contributed by atoms with Crippen LogP contribution in [0.15, 0.2) is 0 Å². The van der Waals surface area contributed by atoms with Gasteiger partial charge in [0.1, 0.15) is 12.2 Å². The Balaban J connectivity index is 2.02. The first-order valence-electron chi connectivity index (χ1n) is 7.84. The van der Waals surface area contributed by atoms with Crippen LogP contribution < -0.4 is 0 Å². The lowest BCUT2D eigenvalue weighted by Crippen LogP contribution is -2.54. The predicted molar refractivity (Wildman–Crippen MR) is 77.4 cm³/mol. The quantitative estimate of drug-likeness (QED) is 0.689. The summed E-state index contributed by atoms with van der Waals surface area (Å²) in [6.07, 6.45) is -4.51. The van der Waals surface area contributed by atoms with Gasteiger partial charge in [-0.2, -0.15) is 0 Å². The van der Waals surface area contributed by atoms with E-state index in [4.69, 9.17) is 23.7 Å². The number of esters is 1. The number of carbonyl (C=O) groups excluding carboxylic acids is 1. The van der Waals surface area contributed by atoms with E-state index in [0.717, 1.165) is 0 Å². The molecule has 0 aromatic carbocycles. The van der Waals surface area contributed by atoms with Gasteiger partial charge in [-0.05, 0) is 13.8 Å². The number of rotatable bonds is 4. The smallest absolute Gasteiger partial charge is 0.303 e. The minimum Gasteiger partial charge on any atom is -0.457 e. The standard InChI is InChI=1S/C15H26O8/c1-7-14(19-4)10(17)5-13(21-7)23-11-6-12(18)20-8(2)15(11)22-9(3)16/h7-8,10-15,17-18H,5-6H2,1-4H3. The van der Waals surface area contributed by atoms with Crippen LogP contribution in [0, 0.1) is 0 Å². The fourth-order valence-corrected chi connectivity index (χ4v) is 3.16. The second-order valence-electron chi connectivity index (χ2n) is 6.05. The van der Waals surface area contributed by atoms with E-state index in [1.54, 1.807) is 13.8 Å². The molecule has 2 rings (SSSR count). The second kappa shape index (κ2) is 7.87. The largest absolute Gasteiger partial charge is 0.457 e. The van der Waals surface area contributed by atoms with E-state index in [9.17, 15) is 15.0 Å². The number of hydrogen-bond acceptors (Lipinski definition) is 8. The van der Waals surface area contributed by atoms with E-state index in [-0.39, 0.29) is 18.9 Å². The van der Waals surface area contributed by atoms with Crippen molar-refractivity contribution in [3.63, 3.8) is 0 Å². The van der Waals surface area contributed by atoms with Crippen molar-refractivity contribution in [2.24, 2.45) is 0 Å². The number of ether oxygens (including phenoxy) is 5. The molecule has 0 radical (unpaired) electrons. The zero-order valence-electron chi connectivity index (χ0n) is 13.9. The Morgan fingerprint density at radius 3 is 2.30 bits per heavy atom. The van der Waals surface area contributed by atoms with E-state index in [2.05, 4.69) is 0 Å². The van der Waals surface area contributed by atoms with Crippen molar-refractivity contribution in [2.45, 2.75) is 82.8 Å². The molecule has 0 aliphatic carbocycles. The van der Waals surface area contributed by atoms with Gasteiger partial charge in [0.2, 0.25) is 0 Å². The topological polar surface area (TPSA) is 104 Å². The molecule has 0 saturated carbocycles.